The molecule has 0 radical (unpaired) electrons. The summed E-state index contributed by atoms with van der Waals surface area (Å²) in [6.45, 7) is 1.23. The Balaban J connectivity index is 1.78. The van der Waals surface area contributed by atoms with Gasteiger partial charge in [-0.2, -0.15) is 0 Å². The second-order valence-electron chi connectivity index (χ2n) is 4.37. The van der Waals surface area contributed by atoms with Crippen LogP contribution in [0.2, 0.25) is 0 Å². The summed E-state index contributed by atoms with van der Waals surface area (Å²) in [4.78, 5) is 1.18. The van der Waals surface area contributed by atoms with E-state index in [1.54, 1.807) is 11.9 Å². The van der Waals surface area contributed by atoms with Gasteiger partial charge in [0.1, 0.15) is 13.2 Å². The van der Waals surface area contributed by atoms with E-state index in [0.29, 0.717) is 13.2 Å². The first-order valence-electron chi connectivity index (χ1n) is 6.29. The van der Waals surface area contributed by atoms with Gasteiger partial charge in [-0.05, 0) is 42.3 Å². The lowest BCUT2D eigenvalue weighted by atomic mass is 10.2. The van der Waals surface area contributed by atoms with Gasteiger partial charge in [0.25, 0.3) is 0 Å². The van der Waals surface area contributed by atoms with Gasteiger partial charge in [0, 0.05) is 22.5 Å². The van der Waals surface area contributed by atoms with E-state index in [1.807, 2.05) is 37.4 Å². The highest BCUT2D eigenvalue weighted by Gasteiger charge is 2.13. The van der Waals surface area contributed by atoms with Crippen LogP contribution >= 0.6 is 27.9 Å². The van der Waals surface area contributed by atoms with Crippen molar-refractivity contribution >= 4 is 33.6 Å². The van der Waals surface area contributed by atoms with Crippen LogP contribution in [-0.2, 0) is 0 Å². The predicted octanol–water partition coefficient (Wildman–Crippen LogP) is 4.36. The Labute approximate surface area is 131 Å². The number of halogens is 1. The molecular weight excluding hydrogens is 338 g/mol. The molecule has 20 heavy (non-hydrogen) atoms. The fraction of sp³-hybridized carbons (Fsp3) is 0.200. The summed E-state index contributed by atoms with van der Waals surface area (Å²) in [6, 6.07) is 14.3. The number of fused-ring (bicyclic) bond motifs is 1. The maximum atomic E-state index is 5.62. The van der Waals surface area contributed by atoms with Crippen LogP contribution in [0.15, 0.2) is 51.8 Å². The fourth-order valence-corrected chi connectivity index (χ4v) is 3.37. The topological polar surface area (TPSA) is 21.7 Å². The fourth-order valence-electron chi connectivity index (χ4n) is 1.96. The van der Waals surface area contributed by atoms with E-state index in [-0.39, 0.29) is 0 Å². The molecule has 0 atom stereocenters. The van der Waals surface area contributed by atoms with Gasteiger partial charge < -0.3 is 13.8 Å². The van der Waals surface area contributed by atoms with Crippen LogP contribution in [0.3, 0.4) is 0 Å². The Morgan fingerprint density at radius 1 is 1.05 bits per heavy atom. The molecule has 0 aromatic heterocycles. The molecule has 2 aromatic carbocycles. The van der Waals surface area contributed by atoms with E-state index in [0.717, 1.165) is 21.7 Å². The SMILES string of the molecule is CN(Sc1cccc(Br)c1)c1ccc2c(c1)OCCO2. The number of hydrogen-bond acceptors (Lipinski definition) is 4. The number of rotatable bonds is 3. The first-order chi connectivity index (χ1) is 9.72. The molecule has 0 spiro atoms. The molecule has 0 fully saturated rings. The van der Waals surface area contributed by atoms with E-state index < -0.39 is 0 Å². The largest absolute Gasteiger partial charge is 0.486 e. The molecule has 3 rings (SSSR count). The van der Waals surface area contributed by atoms with E-state index >= 15 is 0 Å². The van der Waals surface area contributed by atoms with Crippen molar-refractivity contribution in [3.8, 4) is 11.5 Å². The minimum atomic E-state index is 0.610. The summed E-state index contributed by atoms with van der Waals surface area (Å²) in [6.07, 6.45) is 0. The van der Waals surface area contributed by atoms with Crippen molar-refractivity contribution in [3.63, 3.8) is 0 Å². The van der Waals surface area contributed by atoms with Crippen molar-refractivity contribution in [2.45, 2.75) is 4.90 Å². The maximum absolute atomic E-state index is 5.62. The van der Waals surface area contributed by atoms with Gasteiger partial charge in [-0.15, -0.1) is 0 Å². The summed E-state index contributed by atoms with van der Waals surface area (Å²) in [5, 5.41) is 0. The Morgan fingerprint density at radius 2 is 1.85 bits per heavy atom. The molecule has 0 N–H and O–H groups in total. The summed E-state index contributed by atoms with van der Waals surface area (Å²) < 4.78 is 14.3. The van der Waals surface area contributed by atoms with Gasteiger partial charge >= 0.3 is 0 Å². The highest BCUT2D eigenvalue weighted by molar-refractivity contribution is 9.10. The van der Waals surface area contributed by atoms with Crippen molar-refractivity contribution in [3.05, 3.63) is 46.9 Å². The first kappa shape index (κ1) is 13.6. The molecule has 104 valence electrons. The number of anilines is 1. The zero-order valence-corrected chi connectivity index (χ0v) is 13.4. The Kier molecular flexibility index (Phi) is 4.08. The van der Waals surface area contributed by atoms with Crippen molar-refractivity contribution < 1.29 is 9.47 Å². The summed E-state index contributed by atoms with van der Waals surface area (Å²) in [5.41, 5.74) is 1.08. The first-order valence-corrected chi connectivity index (χ1v) is 7.86. The van der Waals surface area contributed by atoms with Gasteiger partial charge in [-0.3, -0.25) is 0 Å². The minimum absolute atomic E-state index is 0.610. The van der Waals surface area contributed by atoms with Crippen LogP contribution in [0.25, 0.3) is 0 Å². The summed E-state index contributed by atoms with van der Waals surface area (Å²) >= 11 is 5.16. The molecular formula is C15H14BrNO2S. The second-order valence-corrected chi connectivity index (χ2v) is 6.49. The third kappa shape index (κ3) is 3.04. The van der Waals surface area contributed by atoms with Crippen molar-refractivity contribution in [1.29, 1.82) is 0 Å². The number of nitrogens with zero attached hydrogens (tertiary/aromatic N) is 1. The molecule has 0 unspecified atom stereocenters. The van der Waals surface area contributed by atoms with E-state index in [1.165, 1.54) is 4.90 Å². The highest BCUT2D eigenvalue weighted by atomic mass is 79.9. The molecule has 0 saturated heterocycles. The molecule has 3 nitrogen and oxygen atoms in total. The van der Waals surface area contributed by atoms with Crippen molar-refractivity contribution in [2.24, 2.45) is 0 Å². The molecule has 0 amide bonds. The number of benzene rings is 2. The Bertz CT molecular complexity index is 621. The zero-order chi connectivity index (χ0) is 13.9. The van der Waals surface area contributed by atoms with Crippen LogP contribution in [0.1, 0.15) is 0 Å². The quantitative estimate of drug-likeness (QED) is 0.765. The van der Waals surface area contributed by atoms with Gasteiger partial charge in [-0.1, -0.05) is 22.0 Å². The highest BCUT2D eigenvalue weighted by Crippen LogP contribution is 2.36. The standard InChI is InChI=1S/C15H14BrNO2S/c1-17(20-13-4-2-3-11(16)9-13)12-5-6-14-15(10-12)19-8-7-18-14/h2-6,9-10H,7-8H2,1H3. The maximum Gasteiger partial charge on any atom is 0.163 e. The molecule has 5 heteroatoms. The zero-order valence-electron chi connectivity index (χ0n) is 11.0. The van der Waals surface area contributed by atoms with Gasteiger partial charge in [0.2, 0.25) is 0 Å². The molecule has 1 aliphatic heterocycles. The van der Waals surface area contributed by atoms with Crippen molar-refractivity contribution in [1.82, 2.24) is 0 Å². The van der Waals surface area contributed by atoms with Crippen LogP contribution in [-0.4, -0.2) is 20.3 Å². The molecule has 1 heterocycles. The van der Waals surface area contributed by atoms with Gasteiger partial charge in [-0.25, -0.2) is 0 Å². The van der Waals surface area contributed by atoms with Crippen LogP contribution in [0.5, 0.6) is 11.5 Å². The third-order valence-electron chi connectivity index (χ3n) is 2.93. The molecule has 2 aromatic rings. The Morgan fingerprint density at radius 3 is 2.65 bits per heavy atom. The minimum Gasteiger partial charge on any atom is -0.486 e. The monoisotopic (exact) mass is 351 g/mol. The van der Waals surface area contributed by atoms with Gasteiger partial charge in [0.05, 0.1) is 5.69 Å². The lowest BCUT2D eigenvalue weighted by molar-refractivity contribution is 0.171. The summed E-state index contributed by atoms with van der Waals surface area (Å²) in [5.74, 6) is 1.64. The normalized spacial score (nSPS) is 13.1. The van der Waals surface area contributed by atoms with Crippen molar-refractivity contribution in [2.75, 3.05) is 24.6 Å². The molecule has 1 aliphatic rings. The van der Waals surface area contributed by atoms with E-state index in [9.17, 15) is 0 Å². The lowest BCUT2D eigenvalue weighted by Crippen LogP contribution is -2.16. The third-order valence-corrected chi connectivity index (χ3v) is 4.37. The average Bonchev–Trinajstić information content (AvgIpc) is 2.47. The molecule has 0 aliphatic carbocycles. The summed E-state index contributed by atoms with van der Waals surface area (Å²) in [7, 11) is 2.04. The molecule has 0 bridgehead atoms. The average molecular weight is 352 g/mol. The Hall–Kier alpha value is -1.33. The lowest BCUT2D eigenvalue weighted by Gasteiger charge is -2.22. The number of ether oxygens (including phenoxy) is 2. The number of hydrogen-bond donors (Lipinski definition) is 0. The van der Waals surface area contributed by atoms with Crippen LogP contribution < -0.4 is 13.8 Å². The van der Waals surface area contributed by atoms with Crippen LogP contribution in [0, 0.1) is 0 Å². The van der Waals surface area contributed by atoms with E-state index in [2.05, 4.69) is 32.4 Å². The molecule has 0 saturated carbocycles. The van der Waals surface area contributed by atoms with Gasteiger partial charge in [0.15, 0.2) is 11.5 Å². The predicted molar refractivity (Wildman–Crippen MR) is 85.8 cm³/mol. The van der Waals surface area contributed by atoms with Crippen LogP contribution in [0.4, 0.5) is 5.69 Å². The second kappa shape index (κ2) is 5.97. The van der Waals surface area contributed by atoms with E-state index in [4.69, 9.17) is 9.47 Å². The smallest absolute Gasteiger partial charge is 0.163 e.